The summed E-state index contributed by atoms with van der Waals surface area (Å²) in [6.07, 6.45) is 1.92. The van der Waals surface area contributed by atoms with Crippen LogP contribution in [-0.2, 0) is 4.79 Å². The maximum absolute atomic E-state index is 13.4. The number of aromatic nitrogens is 3. The third-order valence-corrected chi connectivity index (χ3v) is 10.3. The second-order valence-electron chi connectivity index (χ2n) is 9.37. The number of aryl methyl sites for hydroxylation is 1. The zero-order valence-electron chi connectivity index (χ0n) is 23.9. The van der Waals surface area contributed by atoms with Gasteiger partial charge in [0.25, 0.3) is 5.92 Å². The van der Waals surface area contributed by atoms with Gasteiger partial charge in [0.15, 0.2) is 5.65 Å². The number of benzene rings is 1. The molecule has 0 spiro atoms. The minimum Gasteiger partial charge on any atom is -0.353 e. The Morgan fingerprint density at radius 1 is 1.18 bits per heavy atom. The van der Waals surface area contributed by atoms with Crippen molar-refractivity contribution < 1.29 is 13.6 Å². The standard InChI is InChI=1S/C23H24F2IN6OPS2.2C2H6/c1-11-27-18-15(8-17(29-19(18)32(11)34-26)30-20(33)13-9-23(13,24)25)28-14-6-5-12(7-16(14)35-4)21-31-22(2,3)10-36-21;2*1-2/h5-8,13,34H,9-10H2,1-4H3,(H2,28,29,30,33);2*1-2H3. The summed E-state index contributed by atoms with van der Waals surface area (Å²) in [6.45, 7) is 14.2. The molecule has 1 aliphatic heterocycles. The van der Waals surface area contributed by atoms with Crippen LogP contribution in [0.1, 0.15) is 59.4 Å². The summed E-state index contributed by atoms with van der Waals surface area (Å²) >= 11 is 5.62. The van der Waals surface area contributed by atoms with Crippen LogP contribution in [0.15, 0.2) is 34.2 Å². The molecule has 218 valence electrons. The molecule has 5 rings (SSSR count). The van der Waals surface area contributed by atoms with Crippen LogP contribution in [0.2, 0.25) is 0 Å². The Kier molecular flexibility index (Phi) is 11.3. The number of carbonyl (C=O) groups is 1. The van der Waals surface area contributed by atoms with Crippen LogP contribution in [0.3, 0.4) is 0 Å². The van der Waals surface area contributed by atoms with E-state index < -0.39 is 24.2 Å². The summed E-state index contributed by atoms with van der Waals surface area (Å²) < 4.78 is 28.8. The van der Waals surface area contributed by atoms with Gasteiger partial charge in [0.1, 0.15) is 23.1 Å². The monoisotopic (exact) mass is 720 g/mol. The largest absolute Gasteiger partial charge is 0.353 e. The molecule has 2 atom stereocenters. The molecule has 1 aliphatic carbocycles. The predicted molar refractivity (Wildman–Crippen MR) is 179 cm³/mol. The first-order valence-electron chi connectivity index (χ1n) is 13.1. The molecule has 2 aromatic heterocycles. The van der Waals surface area contributed by atoms with Crippen molar-refractivity contribution in [3.8, 4) is 0 Å². The Bertz CT molecular complexity index is 1420. The van der Waals surface area contributed by atoms with Gasteiger partial charge in [-0.2, -0.15) is 0 Å². The third kappa shape index (κ3) is 7.28. The van der Waals surface area contributed by atoms with E-state index in [1.807, 2.05) is 57.3 Å². The molecular formula is C27H36F2IN6OPS2. The highest BCUT2D eigenvalue weighted by atomic mass is 127. The van der Waals surface area contributed by atoms with Crippen molar-refractivity contribution in [2.24, 2.45) is 10.9 Å². The maximum Gasteiger partial charge on any atom is 0.260 e. The SMILES string of the molecule is CC.CC.CSc1cc(C2=NC(C)(C)CS2)ccc1Nc1cc(NC(=O)C2CC2(F)F)nc2c1nc(C)n2PI. The third-order valence-electron chi connectivity index (χ3n) is 5.95. The van der Waals surface area contributed by atoms with Crippen LogP contribution < -0.4 is 10.6 Å². The number of nitrogens with one attached hydrogen (secondary N) is 2. The van der Waals surface area contributed by atoms with Crippen molar-refractivity contribution in [3.05, 3.63) is 35.7 Å². The van der Waals surface area contributed by atoms with Crippen molar-refractivity contribution >= 4 is 91.2 Å². The number of hydrogen-bond acceptors (Lipinski definition) is 7. The quantitative estimate of drug-likeness (QED) is 0.144. The molecule has 2 unspecified atom stereocenters. The summed E-state index contributed by atoms with van der Waals surface area (Å²) in [5, 5.41) is 7.08. The second kappa shape index (κ2) is 13.6. The lowest BCUT2D eigenvalue weighted by Crippen LogP contribution is -2.18. The van der Waals surface area contributed by atoms with Crippen molar-refractivity contribution in [2.45, 2.75) is 71.2 Å². The molecule has 40 heavy (non-hydrogen) atoms. The average Bonchev–Trinajstić information content (AvgIpc) is 3.24. The number of aliphatic imine (C=N–C) groups is 1. The second-order valence-corrected chi connectivity index (χ2v) is 13.2. The van der Waals surface area contributed by atoms with E-state index in [4.69, 9.17) is 9.98 Å². The molecule has 0 bridgehead atoms. The minimum atomic E-state index is -2.94. The Morgan fingerprint density at radius 2 is 1.85 bits per heavy atom. The van der Waals surface area contributed by atoms with E-state index in [-0.39, 0.29) is 11.4 Å². The molecule has 1 fully saturated rings. The highest BCUT2D eigenvalue weighted by Crippen LogP contribution is 2.49. The van der Waals surface area contributed by atoms with Crippen LogP contribution in [-0.4, -0.2) is 48.7 Å². The van der Waals surface area contributed by atoms with E-state index in [1.165, 1.54) is 0 Å². The predicted octanol–water partition coefficient (Wildman–Crippen LogP) is 8.91. The Balaban J connectivity index is 0.00000106. The van der Waals surface area contributed by atoms with Crippen LogP contribution in [0.4, 0.5) is 26.0 Å². The van der Waals surface area contributed by atoms with Gasteiger partial charge in [-0.05, 0) is 61.2 Å². The molecule has 13 heteroatoms. The fourth-order valence-corrected chi connectivity index (χ4v) is 7.82. The number of alkyl halides is 2. The number of anilines is 3. The number of rotatable bonds is 7. The Labute approximate surface area is 258 Å². The molecule has 0 saturated heterocycles. The van der Waals surface area contributed by atoms with Crippen molar-refractivity contribution in [3.63, 3.8) is 0 Å². The molecular weight excluding hydrogens is 684 g/mol. The minimum absolute atomic E-state index is 0.0691. The van der Waals surface area contributed by atoms with Gasteiger partial charge >= 0.3 is 0 Å². The summed E-state index contributed by atoms with van der Waals surface area (Å²) in [4.78, 5) is 27.5. The lowest BCUT2D eigenvalue weighted by Gasteiger charge is -2.14. The van der Waals surface area contributed by atoms with Gasteiger partial charge in [-0.25, -0.2) is 18.7 Å². The molecule has 1 saturated carbocycles. The van der Waals surface area contributed by atoms with E-state index in [1.54, 1.807) is 29.6 Å². The number of halogens is 3. The highest BCUT2D eigenvalue weighted by Gasteiger charge is 2.61. The maximum atomic E-state index is 13.4. The van der Waals surface area contributed by atoms with Crippen LogP contribution in [0.25, 0.3) is 11.2 Å². The first-order valence-corrected chi connectivity index (χ1v) is 19.4. The van der Waals surface area contributed by atoms with Gasteiger partial charge in [-0.3, -0.25) is 14.1 Å². The molecule has 1 amide bonds. The fourth-order valence-electron chi connectivity index (χ4n) is 3.93. The van der Waals surface area contributed by atoms with Gasteiger partial charge in [0.05, 0.1) is 28.3 Å². The first-order chi connectivity index (χ1) is 19.0. The number of hydrogen-bond donors (Lipinski definition) is 2. The van der Waals surface area contributed by atoms with Gasteiger partial charge in [-0.1, -0.05) is 33.8 Å². The van der Waals surface area contributed by atoms with Gasteiger partial charge in [0, 0.05) is 28.7 Å². The lowest BCUT2D eigenvalue weighted by atomic mass is 10.1. The smallest absolute Gasteiger partial charge is 0.260 e. The molecule has 2 aliphatic rings. The van der Waals surface area contributed by atoms with Crippen molar-refractivity contribution in [1.29, 1.82) is 0 Å². The van der Waals surface area contributed by atoms with Gasteiger partial charge < -0.3 is 10.6 Å². The van der Waals surface area contributed by atoms with Crippen LogP contribution in [0.5, 0.6) is 0 Å². The van der Waals surface area contributed by atoms with E-state index in [2.05, 4.69) is 57.6 Å². The number of carbonyl (C=O) groups excluding carboxylic acids is 1. The van der Waals surface area contributed by atoms with E-state index in [0.717, 1.165) is 32.8 Å². The zero-order valence-corrected chi connectivity index (χ0v) is 28.7. The number of amides is 1. The molecule has 2 N–H and O–H groups in total. The number of nitrogens with zero attached hydrogens (tertiary/aromatic N) is 4. The highest BCUT2D eigenvalue weighted by molar-refractivity contribution is 14.2. The van der Waals surface area contributed by atoms with E-state index in [0.29, 0.717) is 23.2 Å². The number of fused-ring (bicyclic) bond motifs is 1. The zero-order chi connectivity index (χ0) is 29.8. The Hall–Kier alpha value is -1.50. The average molecular weight is 721 g/mol. The summed E-state index contributed by atoms with van der Waals surface area (Å²) in [5.74, 6) is -3.01. The fraction of sp³-hybridized carbons (Fsp3) is 0.481. The van der Waals surface area contributed by atoms with Crippen LogP contribution in [0, 0.1) is 12.8 Å². The van der Waals surface area contributed by atoms with Crippen LogP contribution >= 0.6 is 51.9 Å². The van der Waals surface area contributed by atoms with Crippen molar-refractivity contribution in [1.82, 2.24) is 14.3 Å². The summed E-state index contributed by atoms with van der Waals surface area (Å²) in [6, 6.07) is 7.83. The molecule has 3 heterocycles. The van der Waals surface area contributed by atoms with Crippen molar-refractivity contribution in [2.75, 3.05) is 22.6 Å². The first kappa shape index (κ1) is 33.0. The number of thioether (sulfide) groups is 2. The van der Waals surface area contributed by atoms with E-state index >= 15 is 0 Å². The molecule has 3 aromatic rings. The molecule has 1 aromatic carbocycles. The molecule has 7 nitrogen and oxygen atoms in total. The topological polar surface area (TPSA) is 84.2 Å². The number of imidazole rings is 1. The number of pyridine rings is 1. The Morgan fingerprint density at radius 3 is 2.40 bits per heavy atom. The molecule has 0 radical (unpaired) electrons. The lowest BCUT2D eigenvalue weighted by molar-refractivity contribution is -0.119. The normalized spacial score (nSPS) is 18.5. The van der Waals surface area contributed by atoms with Gasteiger partial charge in [-0.15, -0.1) is 23.5 Å². The van der Waals surface area contributed by atoms with E-state index in [9.17, 15) is 13.6 Å². The van der Waals surface area contributed by atoms with Gasteiger partial charge in [0.2, 0.25) is 5.91 Å². The summed E-state index contributed by atoms with van der Waals surface area (Å²) in [5.41, 5.74) is 3.76. The summed E-state index contributed by atoms with van der Waals surface area (Å²) in [7, 11) is 0.